The number of aryl methyl sites for hydroxylation is 1. The molecule has 0 unspecified atom stereocenters. The Morgan fingerprint density at radius 3 is 2.95 bits per heavy atom. The Kier molecular flexibility index (Phi) is 4.85. The van der Waals surface area contributed by atoms with Gasteiger partial charge in [-0.1, -0.05) is 42.3 Å². The molecule has 0 spiro atoms. The summed E-state index contributed by atoms with van der Waals surface area (Å²) >= 11 is 17.3. The minimum atomic E-state index is 0.532. The maximum Gasteiger partial charge on any atom is 0.214 e. The third-order valence-corrected chi connectivity index (χ3v) is 3.81. The Hall–Kier alpha value is -1.04. The number of nitrogens with one attached hydrogen (secondary N) is 2. The van der Waals surface area contributed by atoms with E-state index < -0.39 is 0 Å². The van der Waals surface area contributed by atoms with E-state index in [-0.39, 0.29) is 0 Å². The Morgan fingerprint density at radius 2 is 2.21 bits per heavy atom. The highest BCUT2D eigenvalue weighted by Gasteiger charge is 2.07. The van der Waals surface area contributed by atoms with Crippen LogP contribution >= 0.6 is 35.4 Å². The topological polar surface area (TPSA) is 45.6 Å². The molecule has 1 heterocycles. The summed E-state index contributed by atoms with van der Waals surface area (Å²) in [7, 11) is 0. The number of nitrogens with zero attached hydrogens (tertiary/aromatic N) is 2. The van der Waals surface area contributed by atoms with Crippen LogP contribution in [0.3, 0.4) is 0 Å². The molecule has 0 atom stereocenters. The van der Waals surface area contributed by atoms with Gasteiger partial charge in [-0.3, -0.25) is 5.10 Å². The summed E-state index contributed by atoms with van der Waals surface area (Å²) in [5.74, 6) is 0.880. The van der Waals surface area contributed by atoms with Crippen LogP contribution in [0.15, 0.2) is 18.2 Å². The molecule has 2 N–H and O–H groups in total. The van der Waals surface area contributed by atoms with Crippen LogP contribution in [0.2, 0.25) is 10.0 Å². The molecule has 1 aromatic heterocycles. The minimum Gasteiger partial charge on any atom is -0.318 e. The zero-order valence-electron chi connectivity index (χ0n) is 10.4. The third kappa shape index (κ3) is 3.29. The van der Waals surface area contributed by atoms with Crippen molar-refractivity contribution < 1.29 is 0 Å². The molecule has 0 amide bonds. The fourth-order valence-electron chi connectivity index (χ4n) is 1.73. The van der Waals surface area contributed by atoms with Crippen molar-refractivity contribution in [1.82, 2.24) is 14.9 Å². The number of rotatable bonds is 5. The van der Waals surface area contributed by atoms with E-state index in [9.17, 15) is 0 Å². The zero-order chi connectivity index (χ0) is 13.8. The summed E-state index contributed by atoms with van der Waals surface area (Å²) in [4.78, 5) is 0. The van der Waals surface area contributed by atoms with Crippen molar-refractivity contribution in [3.8, 4) is 0 Å². The van der Waals surface area contributed by atoms with E-state index in [2.05, 4.69) is 22.5 Å². The summed E-state index contributed by atoms with van der Waals surface area (Å²) in [6.45, 7) is 2.62. The van der Waals surface area contributed by atoms with Gasteiger partial charge in [0.2, 0.25) is 4.77 Å². The van der Waals surface area contributed by atoms with Crippen LogP contribution in [-0.4, -0.2) is 14.9 Å². The Labute approximate surface area is 126 Å². The fraction of sp³-hybridized carbons (Fsp3) is 0.333. The molecule has 4 nitrogen and oxygen atoms in total. The maximum atomic E-state index is 6.14. The number of hydrogen-bond donors (Lipinski definition) is 2. The molecule has 1 aromatic carbocycles. The number of aromatic nitrogens is 3. The van der Waals surface area contributed by atoms with Gasteiger partial charge in [-0.05, 0) is 30.3 Å². The maximum absolute atomic E-state index is 6.14. The van der Waals surface area contributed by atoms with E-state index >= 15 is 0 Å². The van der Waals surface area contributed by atoms with Gasteiger partial charge in [0.15, 0.2) is 5.82 Å². The number of hydrogen-bond acceptors (Lipinski definition) is 3. The van der Waals surface area contributed by atoms with Crippen LogP contribution in [-0.2, 0) is 13.0 Å². The molecule has 0 aliphatic carbocycles. The summed E-state index contributed by atoms with van der Waals surface area (Å²) in [6.07, 6.45) is 1.85. The number of aromatic amines is 1. The van der Waals surface area contributed by atoms with Crippen LogP contribution in [0.4, 0.5) is 0 Å². The van der Waals surface area contributed by atoms with E-state index in [1.807, 2.05) is 12.1 Å². The Morgan fingerprint density at radius 1 is 1.42 bits per heavy atom. The van der Waals surface area contributed by atoms with Gasteiger partial charge in [0.05, 0.1) is 16.6 Å². The predicted molar refractivity (Wildman–Crippen MR) is 80.9 cm³/mol. The second-order valence-corrected chi connectivity index (χ2v) is 5.25. The average Bonchev–Trinajstić information content (AvgIpc) is 2.73. The second kappa shape index (κ2) is 6.41. The van der Waals surface area contributed by atoms with Gasteiger partial charge in [0, 0.05) is 6.42 Å². The Balaban J connectivity index is 2.16. The number of H-pyrrole nitrogens is 1. The summed E-state index contributed by atoms with van der Waals surface area (Å²) in [5.41, 5.74) is 4.12. The van der Waals surface area contributed by atoms with Crippen LogP contribution in [0.1, 0.15) is 24.7 Å². The van der Waals surface area contributed by atoms with Crippen LogP contribution in [0.25, 0.3) is 0 Å². The third-order valence-electron chi connectivity index (χ3n) is 2.67. The molecular weight excluding hydrogens is 303 g/mol. The van der Waals surface area contributed by atoms with Crippen molar-refractivity contribution in [2.75, 3.05) is 5.43 Å². The first-order valence-electron chi connectivity index (χ1n) is 5.96. The molecular formula is C12H14Cl2N4S. The van der Waals surface area contributed by atoms with Crippen molar-refractivity contribution in [2.45, 2.75) is 26.3 Å². The molecule has 0 aliphatic rings. The largest absolute Gasteiger partial charge is 0.318 e. The monoisotopic (exact) mass is 316 g/mol. The number of benzene rings is 1. The highest BCUT2D eigenvalue weighted by Crippen LogP contribution is 2.25. The van der Waals surface area contributed by atoms with Gasteiger partial charge in [-0.15, -0.1) is 0 Å². The molecule has 2 rings (SSSR count). The molecule has 2 aromatic rings. The molecule has 19 heavy (non-hydrogen) atoms. The normalized spacial score (nSPS) is 10.7. The second-order valence-electron chi connectivity index (χ2n) is 4.08. The van der Waals surface area contributed by atoms with Gasteiger partial charge >= 0.3 is 0 Å². The van der Waals surface area contributed by atoms with Crippen LogP contribution in [0, 0.1) is 4.77 Å². The summed E-state index contributed by atoms with van der Waals surface area (Å²) < 4.78 is 2.32. The number of halogens is 2. The average molecular weight is 317 g/mol. The Bertz CT molecular complexity index is 620. The molecule has 0 fully saturated rings. The van der Waals surface area contributed by atoms with Gasteiger partial charge in [0.25, 0.3) is 0 Å². The first-order chi connectivity index (χ1) is 9.13. The lowest BCUT2D eigenvalue weighted by Gasteiger charge is -2.11. The van der Waals surface area contributed by atoms with E-state index in [1.54, 1.807) is 10.7 Å². The molecule has 0 radical (unpaired) electrons. The quantitative estimate of drug-likeness (QED) is 0.821. The van der Waals surface area contributed by atoms with Crippen molar-refractivity contribution in [2.24, 2.45) is 0 Å². The fourth-order valence-corrected chi connectivity index (χ4v) is 2.34. The lowest BCUT2D eigenvalue weighted by molar-refractivity contribution is 0.731. The highest BCUT2D eigenvalue weighted by molar-refractivity contribution is 7.71. The van der Waals surface area contributed by atoms with Crippen molar-refractivity contribution in [3.05, 3.63) is 44.4 Å². The van der Waals surface area contributed by atoms with Gasteiger partial charge in [-0.2, -0.15) is 5.10 Å². The first-order valence-corrected chi connectivity index (χ1v) is 7.13. The van der Waals surface area contributed by atoms with Gasteiger partial charge < -0.3 is 5.43 Å². The smallest absolute Gasteiger partial charge is 0.214 e. The predicted octanol–water partition coefficient (Wildman–Crippen LogP) is 3.94. The molecule has 102 valence electrons. The van der Waals surface area contributed by atoms with Gasteiger partial charge in [0.1, 0.15) is 0 Å². The molecule has 0 saturated heterocycles. The standard InChI is InChI=1S/C12H14Cl2N4S/c1-2-4-10-16-17-12(19)18(10)15-7-8-5-3-6-9(13)11(8)14/h3,5-6,15H,2,4,7H2,1H3,(H,17,19). The van der Waals surface area contributed by atoms with Crippen molar-refractivity contribution in [1.29, 1.82) is 0 Å². The lowest BCUT2D eigenvalue weighted by Crippen LogP contribution is -2.17. The summed E-state index contributed by atoms with van der Waals surface area (Å²) in [6, 6.07) is 5.55. The zero-order valence-corrected chi connectivity index (χ0v) is 12.7. The molecule has 0 bridgehead atoms. The molecule has 7 heteroatoms. The minimum absolute atomic E-state index is 0.532. The van der Waals surface area contributed by atoms with E-state index in [0.717, 1.165) is 24.2 Å². The highest BCUT2D eigenvalue weighted by atomic mass is 35.5. The lowest BCUT2D eigenvalue weighted by atomic mass is 10.2. The van der Waals surface area contributed by atoms with E-state index in [4.69, 9.17) is 35.4 Å². The van der Waals surface area contributed by atoms with Crippen molar-refractivity contribution >= 4 is 35.4 Å². The van der Waals surface area contributed by atoms with Crippen LogP contribution < -0.4 is 5.43 Å². The van der Waals surface area contributed by atoms with Crippen molar-refractivity contribution in [3.63, 3.8) is 0 Å². The molecule has 0 aliphatic heterocycles. The van der Waals surface area contributed by atoms with Crippen LogP contribution in [0.5, 0.6) is 0 Å². The van der Waals surface area contributed by atoms with E-state index in [1.165, 1.54) is 0 Å². The molecule has 0 saturated carbocycles. The summed E-state index contributed by atoms with van der Waals surface area (Å²) in [5, 5.41) is 8.07. The van der Waals surface area contributed by atoms with E-state index in [0.29, 0.717) is 21.4 Å². The van der Waals surface area contributed by atoms with Gasteiger partial charge in [-0.25, -0.2) is 4.68 Å². The SMILES string of the molecule is CCCc1n[nH]c(=S)n1NCc1cccc(Cl)c1Cl. The first kappa shape index (κ1) is 14.4.